The maximum absolute atomic E-state index is 13.3. The summed E-state index contributed by atoms with van der Waals surface area (Å²) in [6, 6.07) is 8.98. The molecule has 28 heavy (non-hydrogen) atoms. The van der Waals surface area contributed by atoms with E-state index in [1.54, 1.807) is 12.3 Å². The molecule has 1 fully saturated rings. The van der Waals surface area contributed by atoms with E-state index in [0.29, 0.717) is 11.1 Å². The van der Waals surface area contributed by atoms with Crippen molar-refractivity contribution in [1.29, 1.82) is 0 Å². The summed E-state index contributed by atoms with van der Waals surface area (Å²) in [6.45, 7) is 3.45. The number of nitrogens with one attached hydrogen (secondary N) is 2. The second kappa shape index (κ2) is 8.82. The minimum atomic E-state index is -0.295. The van der Waals surface area contributed by atoms with Crippen molar-refractivity contribution in [1.82, 2.24) is 25.4 Å². The van der Waals surface area contributed by atoms with E-state index in [-0.39, 0.29) is 5.82 Å². The third kappa shape index (κ3) is 4.58. The smallest absolute Gasteiger partial charge is 0.124 e. The Morgan fingerprint density at radius 3 is 3.00 bits per heavy atom. The van der Waals surface area contributed by atoms with Gasteiger partial charge in [0.25, 0.3) is 0 Å². The molecule has 0 spiro atoms. The van der Waals surface area contributed by atoms with Crippen LogP contribution < -0.4 is 5.32 Å². The summed E-state index contributed by atoms with van der Waals surface area (Å²) in [5.74, 6) is -0.295. The molecule has 7 heteroatoms. The second-order valence-electron chi connectivity index (χ2n) is 7.20. The van der Waals surface area contributed by atoms with Crippen LogP contribution in [0.4, 0.5) is 4.39 Å². The number of nitrogens with zero attached hydrogens (tertiary/aromatic N) is 3. The summed E-state index contributed by atoms with van der Waals surface area (Å²) in [5.41, 5.74) is 4.14. The summed E-state index contributed by atoms with van der Waals surface area (Å²) >= 11 is 6.19. The first kappa shape index (κ1) is 19.1. The van der Waals surface area contributed by atoms with Crippen molar-refractivity contribution >= 4 is 11.6 Å². The van der Waals surface area contributed by atoms with Crippen molar-refractivity contribution in [2.45, 2.75) is 32.0 Å². The number of aromatic nitrogens is 3. The van der Waals surface area contributed by atoms with Gasteiger partial charge in [0.15, 0.2) is 0 Å². The minimum absolute atomic E-state index is 0.295. The maximum atomic E-state index is 13.3. The van der Waals surface area contributed by atoms with E-state index in [1.165, 1.54) is 12.1 Å². The Bertz CT molecular complexity index is 914. The highest BCUT2D eigenvalue weighted by atomic mass is 35.5. The van der Waals surface area contributed by atoms with Gasteiger partial charge in [0.1, 0.15) is 5.82 Å². The molecule has 0 aliphatic carbocycles. The number of hydrogen-bond acceptors (Lipinski definition) is 4. The fourth-order valence-electron chi connectivity index (χ4n) is 3.72. The molecule has 1 saturated heterocycles. The molecule has 5 nitrogen and oxygen atoms in total. The van der Waals surface area contributed by atoms with Gasteiger partial charge in [-0.25, -0.2) is 4.39 Å². The third-order valence-electron chi connectivity index (χ3n) is 5.16. The lowest BCUT2D eigenvalue weighted by molar-refractivity contribution is 0.182. The molecule has 146 valence electrons. The summed E-state index contributed by atoms with van der Waals surface area (Å²) in [6.07, 6.45) is 7.73. The molecular weight excluding hydrogens is 377 g/mol. The van der Waals surface area contributed by atoms with Crippen LogP contribution in [0.5, 0.6) is 0 Å². The van der Waals surface area contributed by atoms with E-state index in [9.17, 15) is 4.39 Å². The van der Waals surface area contributed by atoms with Gasteiger partial charge in [-0.05, 0) is 49.2 Å². The fourth-order valence-corrected chi connectivity index (χ4v) is 3.94. The van der Waals surface area contributed by atoms with Gasteiger partial charge in [-0.2, -0.15) is 5.10 Å². The Hall–Kier alpha value is -2.28. The van der Waals surface area contributed by atoms with Crippen LogP contribution in [0.15, 0.2) is 48.9 Å². The van der Waals surface area contributed by atoms with Gasteiger partial charge in [-0.1, -0.05) is 17.7 Å². The van der Waals surface area contributed by atoms with Crippen LogP contribution in [0.3, 0.4) is 0 Å². The van der Waals surface area contributed by atoms with Gasteiger partial charge in [0.05, 0.1) is 11.9 Å². The number of rotatable bonds is 6. The molecule has 4 rings (SSSR count). The van der Waals surface area contributed by atoms with Gasteiger partial charge in [0.2, 0.25) is 0 Å². The lowest BCUT2D eigenvalue weighted by atomic mass is 10.0. The Morgan fingerprint density at radius 2 is 2.18 bits per heavy atom. The minimum Gasteiger partial charge on any atom is -0.309 e. The SMILES string of the molecule is Fc1ccc(CN2CCCC(NCc3cn[nH]c3-c3cccnc3)C2)c(Cl)c1. The van der Waals surface area contributed by atoms with Crippen LogP contribution in [-0.2, 0) is 13.1 Å². The molecule has 2 N–H and O–H groups in total. The van der Waals surface area contributed by atoms with Crippen LogP contribution in [0, 0.1) is 5.82 Å². The molecule has 1 unspecified atom stereocenters. The molecule has 3 heterocycles. The van der Waals surface area contributed by atoms with Gasteiger partial charge in [0, 0.05) is 54.2 Å². The predicted octanol–water partition coefficient (Wildman–Crippen LogP) is 4.02. The lowest BCUT2D eigenvalue weighted by Crippen LogP contribution is -2.45. The number of H-pyrrole nitrogens is 1. The molecule has 0 amide bonds. The first-order valence-electron chi connectivity index (χ1n) is 9.51. The number of benzene rings is 1. The first-order chi connectivity index (χ1) is 13.7. The number of piperidine rings is 1. The van der Waals surface area contributed by atoms with E-state index >= 15 is 0 Å². The molecule has 0 saturated carbocycles. The zero-order valence-corrected chi connectivity index (χ0v) is 16.3. The summed E-state index contributed by atoms with van der Waals surface area (Å²) in [7, 11) is 0. The highest BCUT2D eigenvalue weighted by molar-refractivity contribution is 6.31. The van der Waals surface area contributed by atoms with E-state index in [2.05, 4.69) is 25.4 Å². The molecular formula is C21H23ClFN5. The summed E-state index contributed by atoms with van der Waals surface area (Å²) in [5, 5.41) is 11.4. The lowest BCUT2D eigenvalue weighted by Gasteiger charge is -2.33. The van der Waals surface area contributed by atoms with Crippen molar-refractivity contribution in [3.63, 3.8) is 0 Å². The zero-order chi connectivity index (χ0) is 19.3. The summed E-state index contributed by atoms with van der Waals surface area (Å²) in [4.78, 5) is 6.56. The zero-order valence-electron chi connectivity index (χ0n) is 15.5. The second-order valence-corrected chi connectivity index (χ2v) is 7.61. The van der Waals surface area contributed by atoms with Crippen LogP contribution >= 0.6 is 11.6 Å². The fraction of sp³-hybridized carbons (Fsp3) is 0.333. The van der Waals surface area contributed by atoms with Gasteiger partial charge in [-0.3, -0.25) is 15.0 Å². The Kier molecular flexibility index (Phi) is 6.00. The standard InChI is InChI=1S/C21H23ClFN5/c22-20-9-18(23)6-5-16(20)13-28-8-2-4-19(14-28)25-11-17-12-26-27-21(17)15-3-1-7-24-10-15/h1,3,5-7,9-10,12,19,25H,2,4,8,11,13-14H2,(H,26,27). The monoisotopic (exact) mass is 399 g/mol. The Labute approximate surface area is 168 Å². The molecule has 2 aromatic heterocycles. The predicted molar refractivity (Wildman–Crippen MR) is 108 cm³/mol. The van der Waals surface area contributed by atoms with Crippen LogP contribution in [0.1, 0.15) is 24.0 Å². The van der Waals surface area contributed by atoms with Crippen LogP contribution in [-0.4, -0.2) is 39.2 Å². The van der Waals surface area contributed by atoms with E-state index in [0.717, 1.165) is 61.4 Å². The number of halogens is 2. The number of pyridine rings is 1. The number of likely N-dealkylation sites (tertiary alicyclic amines) is 1. The molecule has 3 aromatic rings. The number of aromatic amines is 1. The van der Waals surface area contributed by atoms with Gasteiger partial charge >= 0.3 is 0 Å². The molecule has 1 aliphatic rings. The quantitative estimate of drug-likeness (QED) is 0.657. The Balaban J connectivity index is 1.35. The molecule has 1 aliphatic heterocycles. The molecule has 0 radical (unpaired) electrons. The summed E-state index contributed by atoms with van der Waals surface area (Å²) < 4.78 is 13.3. The normalized spacial score (nSPS) is 17.7. The topological polar surface area (TPSA) is 56.8 Å². The third-order valence-corrected chi connectivity index (χ3v) is 5.52. The van der Waals surface area contributed by atoms with Crippen LogP contribution in [0.2, 0.25) is 5.02 Å². The molecule has 0 bridgehead atoms. The van der Waals surface area contributed by atoms with Crippen molar-refractivity contribution in [2.24, 2.45) is 0 Å². The average molecular weight is 400 g/mol. The van der Waals surface area contributed by atoms with Gasteiger partial charge < -0.3 is 5.32 Å². The molecule has 1 aromatic carbocycles. The average Bonchev–Trinajstić information content (AvgIpc) is 3.18. The Morgan fingerprint density at radius 1 is 1.25 bits per heavy atom. The van der Waals surface area contributed by atoms with Crippen molar-refractivity contribution < 1.29 is 4.39 Å². The van der Waals surface area contributed by atoms with Crippen LogP contribution in [0.25, 0.3) is 11.3 Å². The maximum Gasteiger partial charge on any atom is 0.124 e. The highest BCUT2D eigenvalue weighted by Crippen LogP contribution is 2.22. The van der Waals surface area contributed by atoms with Crippen molar-refractivity contribution in [2.75, 3.05) is 13.1 Å². The van der Waals surface area contributed by atoms with E-state index in [4.69, 9.17) is 11.6 Å². The van der Waals surface area contributed by atoms with Crippen molar-refractivity contribution in [3.8, 4) is 11.3 Å². The molecule has 1 atom stereocenters. The van der Waals surface area contributed by atoms with E-state index in [1.807, 2.05) is 24.5 Å². The van der Waals surface area contributed by atoms with E-state index < -0.39 is 0 Å². The van der Waals surface area contributed by atoms with Gasteiger partial charge in [-0.15, -0.1) is 0 Å². The first-order valence-corrected chi connectivity index (χ1v) is 9.89. The van der Waals surface area contributed by atoms with Crippen molar-refractivity contribution in [3.05, 3.63) is 70.9 Å². The highest BCUT2D eigenvalue weighted by Gasteiger charge is 2.21. The number of hydrogen-bond donors (Lipinski definition) is 2. The largest absolute Gasteiger partial charge is 0.309 e.